The summed E-state index contributed by atoms with van der Waals surface area (Å²) in [7, 11) is 1.67. The van der Waals surface area contributed by atoms with Gasteiger partial charge in [0.2, 0.25) is 5.91 Å². The molecule has 0 aliphatic heterocycles. The first kappa shape index (κ1) is 18.6. The number of carbonyl (C=O) groups excluding carboxylic acids is 1. The Kier molecular flexibility index (Phi) is 5.21. The van der Waals surface area contributed by atoms with Crippen LogP contribution in [0.1, 0.15) is 24.9 Å². The van der Waals surface area contributed by atoms with Crippen LogP contribution in [0.15, 0.2) is 58.1 Å². The van der Waals surface area contributed by atoms with Gasteiger partial charge in [-0.3, -0.25) is 19.1 Å². The monoisotopic (exact) mass is 369 g/mol. The van der Waals surface area contributed by atoms with Gasteiger partial charge in [-0.25, -0.2) is 9.18 Å². The predicted octanol–water partition coefficient (Wildman–Crippen LogP) is 2.44. The Bertz CT molecular complexity index is 1090. The maximum atomic E-state index is 13.1. The van der Waals surface area contributed by atoms with Crippen LogP contribution in [0.25, 0.3) is 10.9 Å². The van der Waals surface area contributed by atoms with E-state index in [1.54, 1.807) is 48.3 Å². The van der Waals surface area contributed by atoms with E-state index in [1.807, 2.05) is 6.92 Å². The summed E-state index contributed by atoms with van der Waals surface area (Å²) in [5, 5.41) is 0.401. The fraction of sp³-hybridized carbons (Fsp3) is 0.250. The minimum atomic E-state index is -0.541. The van der Waals surface area contributed by atoms with Gasteiger partial charge in [-0.05, 0) is 36.8 Å². The van der Waals surface area contributed by atoms with Crippen molar-refractivity contribution in [3.05, 3.63) is 80.7 Å². The van der Waals surface area contributed by atoms with Gasteiger partial charge < -0.3 is 4.90 Å². The van der Waals surface area contributed by atoms with Crippen LogP contribution in [0.5, 0.6) is 0 Å². The van der Waals surface area contributed by atoms with Crippen LogP contribution >= 0.6 is 0 Å². The lowest BCUT2D eigenvalue weighted by Crippen LogP contribution is -2.34. The summed E-state index contributed by atoms with van der Waals surface area (Å²) < 4.78 is 14.5. The molecule has 6 nitrogen and oxygen atoms in total. The second-order valence-electron chi connectivity index (χ2n) is 6.41. The molecule has 3 rings (SSSR count). The van der Waals surface area contributed by atoms with Crippen molar-refractivity contribution in [1.29, 1.82) is 0 Å². The van der Waals surface area contributed by atoms with E-state index in [0.717, 1.165) is 5.56 Å². The third kappa shape index (κ3) is 3.81. The summed E-state index contributed by atoms with van der Waals surface area (Å²) in [5.41, 5.74) is 0.327. The van der Waals surface area contributed by atoms with Crippen molar-refractivity contribution in [2.75, 3.05) is 7.05 Å². The second kappa shape index (κ2) is 7.57. The maximum Gasteiger partial charge on any atom is 0.328 e. The number of aromatic nitrogens is 2. The number of nitrogens with one attached hydrogen (secondary N) is 1. The topological polar surface area (TPSA) is 75.2 Å². The number of rotatable bonds is 5. The molecule has 2 aromatic carbocycles. The predicted molar refractivity (Wildman–Crippen MR) is 101 cm³/mol. The molecule has 27 heavy (non-hydrogen) atoms. The van der Waals surface area contributed by atoms with E-state index in [2.05, 4.69) is 4.98 Å². The number of H-pyrrole nitrogens is 1. The molecule has 7 heteroatoms. The zero-order valence-electron chi connectivity index (χ0n) is 15.1. The van der Waals surface area contributed by atoms with Gasteiger partial charge in [-0.1, -0.05) is 24.3 Å². The molecule has 1 heterocycles. The maximum absolute atomic E-state index is 13.1. The van der Waals surface area contributed by atoms with E-state index >= 15 is 0 Å². The Morgan fingerprint density at radius 1 is 1.15 bits per heavy atom. The van der Waals surface area contributed by atoms with Gasteiger partial charge in [-0.2, -0.15) is 0 Å². The SMILES string of the molecule is C[C@H](c1ccc(F)cc1)N(C)C(=O)CCn1c(=O)[nH]c(=O)c2ccccc21. The summed E-state index contributed by atoms with van der Waals surface area (Å²) in [4.78, 5) is 40.5. The van der Waals surface area contributed by atoms with Gasteiger partial charge in [0.15, 0.2) is 0 Å². The number of fused-ring (bicyclic) bond motifs is 1. The molecule has 1 amide bonds. The number of hydrogen-bond donors (Lipinski definition) is 1. The molecule has 0 unspecified atom stereocenters. The molecule has 0 radical (unpaired) electrons. The Hall–Kier alpha value is -3.22. The highest BCUT2D eigenvalue weighted by molar-refractivity contribution is 5.79. The molecule has 1 aromatic heterocycles. The van der Waals surface area contributed by atoms with E-state index in [1.165, 1.54) is 16.7 Å². The Labute approximate surface area is 154 Å². The van der Waals surface area contributed by atoms with Crippen molar-refractivity contribution < 1.29 is 9.18 Å². The van der Waals surface area contributed by atoms with E-state index < -0.39 is 11.2 Å². The number of para-hydroxylation sites is 1. The molecule has 140 valence electrons. The third-order valence-electron chi connectivity index (χ3n) is 4.78. The molecule has 0 saturated heterocycles. The van der Waals surface area contributed by atoms with E-state index in [4.69, 9.17) is 0 Å². The van der Waals surface area contributed by atoms with Crippen molar-refractivity contribution in [3.63, 3.8) is 0 Å². The van der Waals surface area contributed by atoms with Crippen LogP contribution in [0.2, 0.25) is 0 Å². The first-order chi connectivity index (χ1) is 12.9. The second-order valence-corrected chi connectivity index (χ2v) is 6.41. The van der Waals surface area contributed by atoms with Crippen LogP contribution in [0, 0.1) is 5.82 Å². The number of carbonyl (C=O) groups is 1. The normalized spacial score (nSPS) is 12.1. The van der Waals surface area contributed by atoms with E-state index in [9.17, 15) is 18.8 Å². The van der Waals surface area contributed by atoms with Gasteiger partial charge >= 0.3 is 5.69 Å². The highest BCUT2D eigenvalue weighted by atomic mass is 19.1. The average molecular weight is 369 g/mol. The molecule has 0 bridgehead atoms. The van der Waals surface area contributed by atoms with Gasteiger partial charge in [0, 0.05) is 20.0 Å². The van der Waals surface area contributed by atoms with Crippen LogP contribution in [-0.4, -0.2) is 27.4 Å². The van der Waals surface area contributed by atoms with Crippen LogP contribution in [0.3, 0.4) is 0 Å². The Balaban J connectivity index is 1.78. The largest absolute Gasteiger partial charge is 0.339 e. The van der Waals surface area contributed by atoms with Crippen molar-refractivity contribution in [1.82, 2.24) is 14.5 Å². The first-order valence-corrected chi connectivity index (χ1v) is 8.61. The summed E-state index contributed by atoms with van der Waals surface area (Å²) >= 11 is 0. The van der Waals surface area contributed by atoms with Crippen molar-refractivity contribution in [3.8, 4) is 0 Å². The molecule has 0 fully saturated rings. The van der Waals surface area contributed by atoms with Gasteiger partial charge in [0.1, 0.15) is 5.82 Å². The lowest BCUT2D eigenvalue weighted by atomic mass is 10.1. The molecule has 0 spiro atoms. The highest BCUT2D eigenvalue weighted by Gasteiger charge is 2.18. The van der Waals surface area contributed by atoms with Crippen molar-refractivity contribution in [2.24, 2.45) is 0 Å². The number of amides is 1. The fourth-order valence-corrected chi connectivity index (χ4v) is 3.03. The lowest BCUT2D eigenvalue weighted by Gasteiger charge is -2.25. The Morgan fingerprint density at radius 3 is 2.52 bits per heavy atom. The summed E-state index contributed by atoms with van der Waals surface area (Å²) in [6.07, 6.45) is 0.0952. The smallest absolute Gasteiger partial charge is 0.328 e. The lowest BCUT2D eigenvalue weighted by molar-refractivity contribution is -0.132. The van der Waals surface area contributed by atoms with Crippen LogP contribution in [0.4, 0.5) is 4.39 Å². The summed E-state index contributed by atoms with van der Waals surface area (Å²) in [6.45, 7) is 2.00. The fourth-order valence-electron chi connectivity index (χ4n) is 3.03. The number of aryl methyl sites for hydroxylation is 1. The minimum Gasteiger partial charge on any atom is -0.339 e. The first-order valence-electron chi connectivity index (χ1n) is 8.61. The van der Waals surface area contributed by atoms with Gasteiger partial charge in [0.05, 0.1) is 16.9 Å². The van der Waals surface area contributed by atoms with Crippen molar-refractivity contribution in [2.45, 2.75) is 25.9 Å². The molecule has 0 aliphatic carbocycles. The van der Waals surface area contributed by atoms with Crippen molar-refractivity contribution >= 4 is 16.8 Å². The van der Waals surface area contributed by atoms with Gasteiger partial charge in [0.25, 0.3) is 5.56 Å². The Morgan fingerprint density at radius 2 is 1.81 bits per heavy atom. The average Bonchev–Trinajstić information content (AvgIpc) is 2.67. The quantitative estimate of drug-likeness (QED) is 0.751. The minimum absolute atomic E-state index is 0.0952. The van der Waals surface area contributed by atoms with Gasteiger partial charge in [-0.15, -0.1) is 0 Å². The molecule has 1 atom stereocenters. The number of aromatic amines is 1. The number of hydrogen-bond acceptors (Lipinski definition) is 3. The summed E-state index contributed by atoms with van der Waals surface area (Å²) in [6, 6.07) is 12.5. The number of benzene rings is 2. The number of halogens is 1. The van der Waals surface area contributed by atoms with E-state index in [-0.39, 0.29) is 30.7 Å². The van der Waals surface area contributed by atoms with E-state index in [0.29, 0.717) is 10.9 Å². The standard InChI is InChI=1S/C20H20FN3O3/c1-13(14-7-9-15(21)10-8-14)23(2)18(25)11-12-24-17-6-4-3-5-16(17)19(26)22-20(24)27/h3-10,13H,11-12H2,1-2H3,(H,22,26,27)/t13-/m1/s1. The molecule has 0 saturated carbocycles. The summed E-state index contributed by atoms with van der Waals surface area (Å²) in [5.74, 6) is -0.488. The van der Waals surface area contributed by atoms with Crippen LogP contribution in [-0.2, 0) is 11.3 Å². The molecule has 1 N–H and O–H groups in total. The zero-order valence-corrected chi connectivity index (χ0v) is 15.1. The number of nitrogens with zero attached hydrogens (tertiary/aromatic N) is 2. The third-order valence-corrected chi connectivity index (χ3v) is 4.78. The zero-order chi connectivity index (χ0) is 19.6. The van der Waals surface area contributed by atoms with Crippen LogP contribution < -0.4 is 11.2 Å². The molecule has 3 aromatic rings. The molecular formula is C20H20FN3O3. The highest BCUT2D eigenvalue weighted by Crippen LogP contribution is 2.20. The molecule has 0 aliphatic rings. The molecular weight excluding hydrogens is 349 g/mol.